The van der Waals surface area contributed by atoms with Gasteiger partial charge in [-0.05, 0) is 27.7 Å². The Balaban J connectivity index is 4.33. The zero-order valence-electron chi connectivity index (χ0n) is 7.73. The minimum Gasteiger partial charge on any atom is -0.337 e. The highest BCUT2D eigenvalue weighted by Crippen LogP contribution is 2.16. The van der Waals surface area contributed by atoms with Crippen molar-refractivity contribution < 1.29 is 4.79 Å². The second-order valence-electron chi connectivity index (χ2n) is 3.66. The van der Waals surface area contributed by atoms with Crippen LogP contribution in [-0.4, -0.2) is 15.8 Å². The first-order valence-electron chi connectivity index (χ1n) is 3.62. The summed E-state index contributed by atoms with van der Waals surface area (Å²) in [4.78, 5) is 11.3. The van der Waals surface area contributed by atoms with E-state index >= 15 is 0 Å². The molecule has 0 aliphatic carbocycles. The van der Waals surface area contributed by atoms with Crippen LogP contribution < -0.4 is 5.32 Å². The average molecular weight is 233 g/mol. The van der Waals surface area contributed by atoms with E-state index < -0.39 is 9.86 Å². The maximum absolute atomic E-state index is 11.3. The number of nitrogens with one attached hydrogen (secondary N) is 1. The van der Waals surface area contributed by atoms with E-state index in [1.54, 1.807) is 27.7 Å². The number of carbonyl (C=O) groups excluding carboxylic acids is 1. The van der Waals surface area contributed by atoms with Gasteiger partial charge in [0.1, 0.15) is 5.54 Å². The monoisotopic (exact) mass is 232 g/mol. The summed E-state index contributed by atoms with van der Waals surface area (Å²) >= 11 is 3.20. The quantitative estimate of drug-likeness (QED) is 0.736. The number of hydrogen-bond donors (Lipinski definition) is 1. The summed E-state index contributed by atoms with van der Waals surface area (Å²) in [6.45, 7) is 6.78. The Morgan fingerprint density at radius 3 is 2.08 bits per heavy atom. The molecule has 0 aromatic carbocycles. The second-order valence-corrected chi connectivity index (χ2v) is 5.65. The van der Waals surface area contributed by atoms with Gasteiger partial charge in [0.15, 0.2) is 0 Å². The summed E-state index contributed by atoms with van der Waals surface area (Å²) in [7, 11) is 0. The SMILES string of the molecule is CC(C)(C#N)NC(=O)C(C)(C)Br. The summed E-state index contributed by atoms with van der Waals surface area (Å²) < 4.78 is -0.624. The minimum absolute atomic E-state index is 0.186. The van der Waals surface area contributed by atoms with Gasteiger partial charge in [0.05, 0.1) is 10.4 Å². The van der Waals surface area contributed by atoms with Gasteiger partial charge < -0.3 is 5.32 Å². The maximum Gasteiger partial charge on any atom is 0.237 e. The predicted octanol–water partition coefficient (Wildman–Crippen LogP) is 1.58. The summed E-state index contributed by atoms with van der Waals surface area (Å²) in [5.74, 6) is -0.186. The molecular formula is C8H13BrN2O. The third-order valence-corrected chi connectivity index (χ3v) is 1.61. The summed E-state index contributed by atoms with van der Waals surface area (Å²) in [6.07, 6.45) is 0. The number of nitriles is 1. The molecule has 0 aromatic heterocycles. The number of rotatable bonds is 2. The smallest absolute Gasteiger partial charge is 0.237 e. The normalized spacial score (nSPS) is 12.0. The summed E-state index contributed by atoms with van der Waals surface area (Å²) in [6, 6.07) is 1.99. The molecule has 0 aromatic rings. The van der Waals surface area contributed by atoms with Gasteiger partial charge in [-0.1, -0.05) is 15.9 Å². The molecule has 3 nitrogen and oxygen atoms in total. The van der Waals surface area contributed by atoms with E-state index in [4.69, 9.17) is 5.26 Å². The average Bonchev–Trinajstić information content (AvgIpc) is 1.85. The van der Waals surface area contributed by atoms with Crippen LogP contribution in [-0.2, 0) is 4.79 Å². The van der Waals surface area contributed by atoms with Crippen molar-refractivity contribution in [3.05, 3.63) is 0 Å². The zero-order valence-corrected chi connectivity index (χ0v) is 9.32. The van der Waals surface area contributed by atoms with Crippen LogP contribution in [0.1, 0.15) is 27.7 Å². The highest BCUT2D eigenvalue weighted by atomic mass is 79.9. The molecule has 0 unspecified atom stereocenters. The van der Waals surface area contributed by atoms with E-state index in [0.29, 0.717) is 0 Å². The van der Waals surface area contributed by atoms with Gasteiger partial charge in [-0.3, -0.25) is 4.79 Å². The fourth-order valence-electron chi connectivity index (χ4n) is 0.460. The Morgan fingerprint density at radius 1 is 1.42 bits per heavy atom. The number of nitrogens with zero attached hydrogens (tertiary/aromatic N) is 1. The van der Waals surface area contributed by atoms with Crippen LogP contribution in [0.25, 0.3) is 0 Å². The maximum atomic E-state index is 11.3. The number of amides is 1. The van der Waals surface area contributed by atoms with Crippen LogP contribution in [0.3, 0.4) is 0 Å². The summed E-state index contributed by atoms with van der Waals surface area (Å²) in [5.41, 5.74) is -0.803. The van der Waals surface area contributed by atoms with Crippen molar-refractivity contribution in [3.8, 4) is 6.07 Å². The van der Waals surface area contributed by atoms with Gasteiger partial charge in [-0.25, -0.2) is 0 Å². The van der Waals surface area contributed by atoms with E-state index in [1.165, 1.54) is 0 Å². The molecule has 0 radical (unpaired) electrons. The number of alkyl halides is 1. The predicted molar refractivity (Wildman–Crippen MR) is 50.8 cm³/mol. The van der Waals surface area contributed by atoms with Crippen LogP contribution in [0.2, 0.25) is 0 Å². The molecule has 4 heteroatoms. The van der Waals surface area contributed by atoms with Gasteiger partial charge in [-0.15, -0.1) is 0 Å². The Hall–Kier alpha value is -0.560. The van der Waals surface area contributed by atoms with E-state index in [-0.39, 0.29) is 5.91 Å². The van der Waals surface area contributed by atoms with Crippen LogP contribution in [0.5, 0.6) is 0 Å². The molecular weight excluding hydrogens is 220 g/mol. The van der Waals surface area contributed by atoms with Crippen LogP contribution >= 0.6 is 15.9 Å². The molecule has 0 atom stereocenters. The Bertz CT molecular complexity index is 222. The number of carbonyl (C=O) groups is 1. The Labute approximate surface area is 81.3 Å². The summed E-state index contributed by atoms with van der Waals surface area (Å²) in [5, 5.41) is 11.2. The largest absolute Gasteiger partial charge is 0.337 e. The highest BCUT2D eigenvalue weighted by Gasteiger charge is 2.29. The lowest BCUT2D eigenvalue weighted by molar-refractivity contribution is -0.123. The van der Waals surface area contributed by atoms with Crippen molar-refractivity contribution in [2.45, 2.75) is 37.6 Å². The zero-order chi connectivity index (χ0) is 9.99. The van der Waals surface area contributed by atoms with Crippen LogP contribution in [0.15, 0.2) is 0 Å². The van der Waals surface area contributed by atoms with Crippen molar-refractivity contribution in [2.24, 2.45) is 0 Å². The molecule has 0 saturated heterocycles. The molecule has 1 N–H and O–H groups in total. The third-order valence-electron chi connectivity index (χ3n) is 1.25. The lowest BCUT2D eigenvalue weighted by Gasteiger charge is -2.23. The molecule has 0 fully saturated rings. The van der Waals surface area contributed by atoms with Gasteiger partial charge in [0, 0.05) is 0 Å². The van der Waals surface area contributed by atoms with Crippen LogP contribution in [0.4, 0.5) is 0 Å². The molecule has 1 amide bonds. The molecule has 0 saturated carbocycles. The molecule has 0 aliphatic heterocycles. The van der Waals surface area contributed by atoms with Gasteiger partial charge in [-0.2, -0.15) is 5.26 Å². The fraction of sp³-hybridized carbons (Fsp3) is 0.750. The minimum atomic E-state index is -0.803. The molecule has 12 heavy (non-hydrogen) atoms. The Kier molecular flexibility index (Phi) is 3.28. The van der Waals surface area contributed by atoms with Crippen LogP contribution in [0, 0.1) is 11.3 Å². The Morgan fingerprint density at radius 2 is 1.83 bits per heavy atom. The first-order chi connectivity index (χ1) is 5.19. The topological polar surface area (TPSA) is 52.9 Å². The highest BCUT2D eigenvalue weighted by molar-refractivity contribution is 9.10. The van der Waals surface area contributed by atoms with E-state index in [9.17, 15) is 4.79 Å². The second kappa shape index (κ2) is 3.44. The van der Waals surface area contributed by atoms with Crippen molar-refractivity contribution >= 4 is 21.8 Å². The molecule has 0 rings (SSSR count). The molecule has 0 aliphatic rings. The van der Waals surface area contributed by atoms with Crippen molar-refractivity contribution in [1.82, 2.24) is 5.32 Å². The number of halogens is 1. The van der Waals surface area contributed by atoms with Crippen molar-refractivity contribution in [3.63, 3.8) is 0 Å². The lowest BCUT2D eigenvalue weighted by atomic mass is 10.1. The molecule has 0 bridgehead atoms. The van der Waals surface area contributed by atoms with E-state index in [0.717, 1.165) is 0 Å². The third kappa shape index (κ3) is 3.72. The first-order valence-corrected chi connectivity index (χ1v) is 4.41. The standard InChI is InChI=1S/C8H13BrN2O/c1-7(2,5-10)11-6(12)8(3,4)9/h1-4H3,(H,11,12). The molecule has 68 valence electrons. The van der Waals surface area contributed by atoms with E-state index in [1.807, 2.05) is 6.07 Å². The molecule has 0 heterocycles. The molecule has 0 spiro atoms. The van der Waals surface area contributed by atoms with Crippen molar-refractivity contribution in [2.75, 3.05) is 0 Å². The fourth-order valence-corrected chi connectivity index (χ4v) is 0.560. The van der Waals surface area contributed by atoms with E-state index in [2.05, 4.69) is 21.2 Å². The van der Waals surface area contributed by atoms with Gasteiger partial charge in [0.2, 0.25) is 5.91 Å². The lowest BCUT2D eigenvalue weighted by Crippen LogP contribution is -2.48. The first kappa shape index (κ1) is 11.4. The van der Waals surface area contributed by atoms with Gasteiger partial charge in [0.25, 0.3) is 0 Å². The number of hydrogen-bond acceptors (Lipinski definition) is 2. The van der Waals surface area contributed by atoms with Crippen molar-refractivity contribution in [1.29, 1.82) is 5.26 Å². The van der Waals surface area contributed by atoms with Gasteiger partial charge >= 0.3 is 0 Å².